The van der Waals surface area contributed by atoms with Gasteiger partial charge in [-0.2, -0.15) is 10.4 Å². The van der Waals surface area contributed by atoms with Crippen molar-refractivity contribution in [2.45, 2.75) is 31.2 Å². The van der Waals surface area contributed by atoms with E-state index in [1.165, 1.54) is 0 Å². The topological polar surface area (TPSA) is 87.7 Å². The number of aliphatic imine (C=N–C) groups is 1. The Morgan fingerprint density at radius 2 is 1.74 bits per heavy atom. The second-order valence-electron chi connectivity index (χ2n) is 8.56. The fourth-order valence-electron chi connectivity index (χ4n) is 4.60. The van der Waals surface area contributed by atoms with Gasteiger partial charge in [0.25, 0.3) is 0 Å². The number of rotatable bonds is 4. The number of hydrazone groups is 1. The number of benzene rings is 2. The number of nitriles is 1. The predicted octanol–water partition coefficient (Wildman–Crippen LogP) is 3.40. The Hall–Kier alpha value is -2.83. The van der Waals surface area contributed by atoms with Gasteiger partial charge in [0.2, 0.25) is 12.2 Å². The Bertz CT molecular complexity index is 1130. The van der Waals surface area contributed by atoms with Gasteiger partial charge in [-0.3, -0.25) is 4.90 Å². The van der Waals surface area contributed by atoms with Crippen LogP contribution < -0.4 is 4.74 Å². The van der Waals surface area contributed by atoms with Gasteiger partial charge in [-0.25, -0.2) is 5.01 Å². The number of aliphatic hydroxyl groups excluding tert-OH is 1. The highest BCUT2D eigenvalue weighted by atomic mass is 35.5. The highest BCUT2D eigenvalue weighted by Gasteiger charge is 2.42. The lowest BCUT2D eigenvalue weighted by Gasteiger charge is -2.42. The van der Waals surface area contributed by atoms with Crippen LogP contribution in [-0.2, 0) is 0 Å². The van der Waals surface area contributed by atoms with Crippen molar-refractivity contribution in [1.82, 2.24) is 14.8 Å². The zero-order valence-electron chi connectivity index (χ0n) is 18.4. The summed E-state index contributed by atoms with van der Waals surface area (Å²) in [5.41, 5.74) is 1.76. The summed E-state index contributed by atoms with van der Waals surface area (Å²) in [6, 6.07) is 14.7. The largest absolute Gasteiger partial charge is 0.487 e. The summed E-state index contributed by atoms with van der Waals surface area (Å²) in [5, 5.41) is 27.9. The van der Waals surface area contributed by atoms with Gasteiger partial charge in [0.15, 0.2) is 0 Å². The van der Waals surface area contributed by atoms with Crippen LogP contribution in [0.15, 0.2) is 58.6 Å². The smallest absolute Gasteiger partial charge is 0.233 e. The Labute approximate surface area is 208 Å². The Morgan fingerprint density at radius 1 is 1.06 bits per heavy atom. The molecule has 1 N–H and O–H groups in total. The lowest BCUT2D eigenvalue weighted by atomic mass is 10.0. The number of aliphatic hydroxyl groups is 1. The van der Waals surface area contributed by atoms with Crippen LogP contribution in [0.2, 0.25) is 10.0 Å². The molecule has 3 aliphatic heterocycles. The predicted molar refractivity (Wildman–Crippen MR) is 131 cm³/mol. The third kappa shape index (κ3) is 4.70. The van der Waals surface area contributed by atoms with Crippen molar-refractivity contribution in [2.24, 2.45) is 10.1 Å². The monoisotopic (exact) mass is 498 g/mol. The molecule has 34 heavy (non-hydrogen) atoms. The lowest BCUT2D eigenvalue weighted by Crippen LogP contribution is -2.59. The van der Waals surface area contributed by atoms with E-state index < -0.39 is 6.23 Å². The highest BCUT2D eigenvalue weighted by Crippen LogP contribution is 2.28. The molecular weight excluding hydrogens is 475 g/mol. The molecule has 2 atom stereocenters. The maximum atomic E-state index is 10.6. The van der Waals surface area contributed by atoms with Crippen LogP contribution in [0.5, 0.6) is 5.75 Å². The molecule has 5 rings (SSSR count). The number of guanidine groups is 1. The lowest BCUT2D eigenvalue weighted by molar-refractivity contribution is 0.0227. The number of hydrogen-bond acceptors (Lipinski definition) is 6. The standard InChI is InChI=1S/C24H24Cl2N6O2/c25-17-5-3-16(4-6-17)23-21(31-11-1-2-22(31)33)14-32(29-23)24(28-15-27)30-12-20(13-30)34-19-9-7-18(26)8-10-19/h3-10,20-22,33H,1-2,11-14H2. The van der Waals surface area contributed by atoms with Crippen molar-refractivity contribution in [3.63, 3.8) is 0 Å². The molecule has 3 heterocycles. The fraction of sp³-hybridized carbons (Fsp3) is 0.375. The van der Waals surface area contributed by atoms with E-state index in [1.807, 2.05) is 47.5 Å². The molecule has 2 aromatic carbocycles. The number of hydrogen-bond donors (Lipinski definition) is 1. The SMILES string of the molecule is N#CN=C(N1CC(Oc2ccc(Cl)cc2)C1)N1CC(N2CCCC2O)C(c2ccc(Cl)cc2)=N1. The molecule has 0 saturated carbocycles. The first-order chi connectivity index (χ1) is 16.5. The van der Waals surface area contributed by atoms with Crippen molar-refractivity contribution in [3.8, 4) is 11.9 Å². The maximum absolute atomic E-state index is 10.6. The van der Waals surface area contributed by atoms with E-state index in [2.05, 4.69) is 9.89 Å². The molecule has 0 radical (unpaired) electrons. The van der Waals surface area contributed by atoms with Gasteiger partial charge in [0.05, 0.1) is 31.4 Å². The number of ether oxygens (including phenoxy) is 1. The number of likely N-dealkylation sites (tertiary alicyclic amines) is 2. The van der Waals surface area contributed by atoms with E-state index >= 15 is 0 Å². The zero-order chi connectivity index (χ0) is 23.7. The Morgan fingerprint density at radius 3 is 2.35 bits per heavy atom. The first kappa shape index (κ1) is 22.9. The minimum absolute atomic E-state index is 0.0245. The fourth-order valence-corrected chi connectivity index (χ4v) is 4.85. The molecule has 2 aromatic rings. The molecule has 0 amide bonds. The van der Waals surface area contributed by atoms with Crippen molar-refractivity contribution in [2.75, 3.05) is 26.2 Å². The minimum Gasteiger partial charge on any atom is -0.487 e. The summed E-state index contributed by atoms with van der Waals surface area (Å²) >= 11 is 12.0. The molecule has 10 heteroatoms. The second-order valence-corrected chi connectivity index (χ2v) is 9.43. The second kappa shape index (κ2) is 9.80. The molecule has 3 aliphatic rings. The van der Waals surface area contributed by atoms with Crippen LogP contribution in [0.25, 0.3) is 0 Å². The van der Waals surface area contributed by atoms with Crippen LogP contribution in [0, 0.1) is 11.5 Å². The van der Waals surface area contributed by atoms with Crippen molar-refractivity contribution < 1.29 is 9.84 Å². The molecular formula is C24H24Cl2N6O2. The molecule has 0 bridgehead atoms. The van der Waals surface area contributed by atoms with E-state index in [-0.39, 0.29) is 12.1 Å². The average Bonchev–Trinajstić information content (AvgIpc) is 3.42. The van der Waals surface area contributed by atoms with Gasteiger partial charge in [-0.05, 0) is 54.8 Å². The summed E-state index contributed by atoms with van der Waals surface area (Å²) < 4.78 is 6.00. The summed E-state index contributed by atoms with van der Waals surface area (Å²) in [6.07, 6.45) is 3.05. The van der Waals surface area contributed by atoms with Crippen molar-refractivity contribution >= 4 is 34.9 Å². The molecule has 0 aromatic heterocycles. The molecule has 176 valence electrons. The van der Waals surface area contributed by atoms with Crippen LogP contribution >= 0.6 is 23.2 Å². The Kier molecular flexibility index (Phi) is 6.61. The molecule has 0 spiro atoms. The first-order valence-corrected chi connectivity index (χ1v) is 12.0. The van der Waals surface area contributed by atoms with Crippen LogP contribution in [0.1, 0.15) is 18.4 Å². The Balaban J connectivity index is 1.34. The maximum Gasteiger partial charge on any atom is 0.233 e. The van der Waals surface area contributed by atoms with Gasteiger partial charge in [0, 0.05) is 16.6 Å². The third-order valence-electron chi connectivity index (χ3n) is 6.32. The van der Waals surface area contributed by atoms with E-state index in [4.69, 9.17) is 33.0 Å². The normalized spacial score (nSPS) is 23.6. The van der Waals surface area contributed by atoms with E-state index in [0.717, 1.165) is 36.4 Å². The highest BCUT2D eigenvalue weighted by molar-refractivity contribution is 6.31. The van der Waals surface area contributed by atoms with Crippen molar-refractivity contribution in [3.05, 3.63) is 64.1 Å². The number of halogens is 2. The number of nitrogens with zero attached hydrogens (tertiary/aromatic N) is 6. The summed E-state index contributed by atoms with van der Waals surface area (Å²) in [6.45, 7) is 2.46. The average molecular weight is 499 g/mol. The van der Waals surface area contributed by atoms with E-state index in [1.54, 1.807) is 17.1 Å². The molecule has 2 fully saturated rings. The first-order valence-electron chi connectivity index (χ1n) is 11.2. The van der Waals surface area contributed by atoms with E-state index in [9.17, 15) is 10.4 Å². The summed E-state index contributed by atoms with van der Waals surface area (Å²) in [7, 11) is 0. The molecule has 8 nitrogen and oxygen atoms in total. The van der Waals surface area contributed by atoms with Crippen molar-refractivity contribution in [1.29, 1.82) is 5.26 Å². The molecule has 0 aliphatic carbocycles. The van der Waals surface area contributed by atoms with Gasteiger partial charge < -0.3 is 14.7 Å². The van der Waals surface area contributed by atoms with Gasteiger partial charge in [0.1, 0.15) is 18.1 Å². The summed E-state index contributed by atoms with van der Waals surface area (Å²) in [5.74, 6) is 1.24. The zero-order valence-corrected chi connectivity index (χ0v) is 19.9. The van der Waals surface area contributed by atoms with E-state index in [0.29, 0.717) is 35.6 Å². The van der Waals surface area contributed by atoms with Crippen LogP contribution in [-0.4, -0.2) is 76.1 Å². The minimum atomic E-state index is -0.514. The van der Waals surface area contributed by atoms with Crippen LogP contribution in [0.3, 0.4) is 0 Å². The van der Waals surface area contributed by atoms with Gasteiger partial charge in [-0.1, -0.05) is 35.3 Å². The van der Waals surface area contributed by atoms with Gasteiger partial charge >= 0.3 is 0 Å². The quantitative estimate of drug-likeness (QED) is 0.394. The molecule has 2 saturated heterocycles. The third-order valence-corrected chi connectivity index (χ3v) is 6.82. The van der Waals surface area contributed by atoms with Crippen LogP contribution in [0.4, 0.5) is 0 Å². The van der Waals surface area contributed by atoms with Gasteiger partial charge in [-0.15, -0.1) is 4.99 Å². The summed E-state index contributed by atoms with van der Waals surface area (Å²) in [4.78, 5) is 8.15. The molecule has 2 unspecified atom stereocenters.